The van der Waals surface area contributed by atoms with Gasteiger partial charge in [0.25, 0.3) is 5.91 Å². The van der Waals surface area contributed by atoms with Gasteiger partial charge in [0.1, 0.15) is 0 Å². The van der Waals surface area contributed by atoms with Crippen molar-refractivity contribution in [3.63, 3.8) is 0 Å². The van der Waals surface area contributed by atoms with Gasteiger partial charge in [-0.15, -0.1) is 0 Å². The highest BCUT2D eigenvalue weighted by Crippen LogP contribution is 2.52. The molecule has 3 aliphatic heterocycles. The van der Waals surface area contributed by atoms with Crippen LogP contribution in [-0.4, -0.2) is 85.2 Å². The van der Waals surface area contributed by atoms with Gasteiger partial charge in [0.2, 0.25) is 5.78 Å². The molecule has 37 heavy (non-hydrogen) atoms. The van der Waals surface area contributed by atoms with Crippen LogP contribution in [0.3, 0.4) is 0 Å². The molecule has 1 saturated heterocycles. The van der Waals surface area contributed by atoms with E-state index in [1.807, 2.05) is 13.8 Å². The van der Waals surface area contributed by atoms with Crippen LogP contribution in [0.1, 0.15) is 35.2 Å². The number of ketones is 3. The van der Waals surface area contributed by atoms with Gasteiger partial charge in [-0.2, -0.15) is 0 Å². The van der Waals surface area contributed by atoms with E-state index in [0.717, 1.165) is 11.1 Å². The average molecular weight is 509 g/mol. The third-order valence-electron chi connectivity index (χ3n) is 8.01. The fraction of sp³-hybridized carbons (Fsp3) is 0.407. The number of hydrogen-bond acceptors (Lipinski definition) is 9. The number of rotatable bonds is 4. The molecule has 3 heterocycles. The molecule has 0 aromatic heterocycles. The van der Waals surface area contributed by atoms with Crippen molar-refractivity contribution in [3.8, 4) is 11.5 Å². The van der Waals surface area contributed by atoms with E-state index in [0.29, 0.717) is 28.3 Å². The first-order valence-electron chi connectivity index (χ1n) is 11.8. The summed E-state index contributed by atoms with van der Waals surface area (Å²) in [5.41, 5.74) is 3.06. The highest BCUT2D eigenvalue weighted by molar-refractivity contribution is 6.39. The summed E-state index contributed by atoms with van der Waals surface area (Å²) >= 11 is 0. The number of amides is 1. The molecule has 194 valence electrons. The summed E-state index contributed by atoms with van der Waals surface area (Å²) in [5.74, 6) is -1.78. The van der Waals surface area contributed by atoms with Gasteiger partial charge < -0.3 is 24.2 Å². The third kappa shape index (κ3) is 2.93. The smallest absolute Gasteiger partial charge is 0.252 e. The second-order valence-corrected chi connectivity index (χ2v) is 9.56. The molecule has 1 fully saturated rings. The average Bonchev–Trinajstić information content (AvgIpc) is 2.87. The highest BCUT2D eigenvalue weighted by atomic mass is 16.5. The van der Waals surface area contributed by atoms with E-state index >= 15 is 0 Å². The van der Waals surface area contributed by atoms with Crippen LogP contribution in [-0.2, 0) is 23.9 Å². The first-order valence-corrected chi connectivity index (χ1v) is 11.8. The Kier molecular flexibility index (Phi) is 5.65. The van der Waals surface area contributed by atoms with E-state index in [1.165, 1.54) is 38.1 Å². The second kappa shape index (κ2) is 8.39. The maximum absolute atomic E-state index is 13.9. The van der Waals surface area contributed by atoms with Crippen molar-refractivity contribution in [3.05, 3.63) is 50.4 Å². The Morgan fingerprint density at radius 1 is 0.892 bits per heavy atom. The van der Waals surface area contributed by atoms with Crippen LogP contribution >= 0.6 is 0 Å². The molecule has 0 radical (unpaired) electrons. The van der Waals surface area contributed by atoms with Crippen LogP contribution in [0.4, 0.5) is 0 Å². The Hall–Kier alpha value is -3.76. The number of carbonyl (C=O) groups is 4. The molecule has 0 unspecified atom stereocenters. The van der Waals surface area contributed by atoms with E-state index in [9.17, 15) is 24.3 Å². The third-order valence-corrected chi connectivity index (χ3v) is 8.01. The lowest BCUT2D eigenvalue weighted by Crippen LogP contribution is -2.67. The number of Topliss-reactive ketones (excluding diaryl/α,β-unsaturated/α-hetero) is 3. The van der Waals surface area contributed by atoms with Gasteiger partial charge in [0, 0.05) is 22.4 Å². The molecule has 0 saturated carbocycles. The Balaban J connectivity index is 1.86. The summed E-state index contributed by atoms with van der Waals surface area (Å²) < 4.78 is 16.6. The predicted octanol–water partition coefficient (Wildman–Crippen LogP) is 1.17. The number of nitrogens with zero attached hydrogens (tertiary/aromatic N) is 2. The van der Waals surface area contributed by atoms with Crippen LogP contribution < -0.4 is 9.47 Å². The Bertz CT molecular complexity index is 1420. The van der Waals surface area contributed by atoms with Crippen molar-refractivity contribution in [2.45, 2.75) is 38.9 Å². The number of benzene rings is 1. The number of carbonyl (C=O) groups excluding carboxylic acids is 4. The Morgan fingerprint density at radius 2 is 1.54 bits per heavy atom. The molecule has 0 spiro atoms. The lowest BCUT2D eigenvalue weighted by Gasteiger charge is -2.53. The first kappa shape index (κ1) is 24.9. The van der Waals surface area contributed by atoms with Crippen molar-refractivity contribution < 1.29 is 38.5 Å². The molecule has 5 rings (SSSR count). The van der Waals surface area contributed by atoms with Crippen molar-refractivity contribution >= 4 is 29.3 Å². The number of allylic oxidation sites excluding steroid dienone is 2. The van der Waals surface area contributed by atoms with Gasteiger partial charge in [-0.3, -0.25) is 24.1 Å². The van der Waals surface area contributed by atoms with Crippen LogP contribution in [0, 0.1) is 13.8 Å². The van der Waals surface area contributed by atoms with Gasteiger partial charge in [-0.1, -0.05) is 0 Å². The summed E-state index contributed by atoms with van der Waals surface area (Å²) in [6.07, 6.45) is 1.77. The van der Waals surface area contributed by atoms with Crippen molar-refractivity contribution in [2.24, 2.45) is 0 Å². The SMILES string of the molecule is COC1=C(C)C(=O)C2=C(C1=O)[C@H]1C3=Cc4c(C)c(C)c(OC)c(OC)c4[C@H](CO)N3C(=O)[C@H](C2=O)N1C. The van der Waals surface area contributed by atoms with Crippen molar-refractivity contribution in [1.82, 2.24) is 9.80 Å². The molecule has 1 N–H and O–H groups in total. The molecule has 10 heteroatoms. The Morgan fingerprint density at radius 3 is 2.11 bits per heavy atom. The zero-order chi connectivity index (χ0) is 27.1. The molecule has 1 amide bonds. The fourth-order valence-electron chi connectivity index (χ4n) is 6.16. The standard InChI is InChI=1S/C27H28N2O8/c1-10-11(2)25(36-6)26(37-7)16-13(10)8-14-19-17-18(21(31)12(3)24(35-5)23(17)33)22(32)20(28(19)4)27(34)29(14)15(16)9-30/h8,15,19-20,30H,9H2,1-7H3/t15-,19+,20-/m0/s1. The lowest BCUT2D eigenvalue weighted by molar-refractivity contribution is -0.149. The van der Waals surface area contributed by atoms with Gasteiger partial charge in [0.15, 0.2) is 34.9 Å². The zero-order valence-corrected chi connectivity index (χ0v) is 21.7. The minimum atomic E-state index is -1.33. The molecular weight excluding hydrogens is 480 g/mol. The van der Waals surface area contributed by atoms with Gasteiger partial charge in [-0.25, -0.2) is 0 Å². The predicted molar refractivity (Wildman–Crippen MR) is 131 cm³/mol. The molecule has 10 nitrogen and oxygen atoms in total. The first-order chi connectivity index (χ1) is 17.6. The largest absolute Gasteiger partial charge is 0.493 e. The van der Waals surface area contributed by atoms with E-state index in [4.69, 9.17) is 14.2 Å². The zero-order valence-electron chi connectivity index (χ0n) is 21.7. The molecule has 3 atom stereocenters. The number of hydrogen-bond donors (Lipinski definition) is 1. The van der Waals surface area contributed by atoms with Gasteiger partial charge in [-0.05, 0) is 50.6 Å². The summed E-state index contributed by atoms with van der Waals surface area (Å²) in [6, 6.07) is -3.13. The number of aliphatic hydroxyl groups excluding tert-OH is 1. The minimum absolute atomic E-state index is 0.0186. The maximum Gasteiger partial charge on any atom is 0.252 e. The van der Waals surface area contributed by atoms with Crippen LogP contribution in [0.5, 0.6) is 11.5 Å². The molecule has 1 aromatic rings. The topological polar surface area (TPSA) is 123 Å². The summed E-state index contributed by atoms with van der Waals surface area (Å²) in [7, 11) is 5.88. The molecule has 4 aliphatic rings. The summed E-state index contributed by atoms with van der Waals surface area (Å²) in [4.78, 5) is 57.3. The second-order valence-electron chi connectivity index (χ2n) is 9.56. The molecular formula is C27H28N2O8. The number of methoxy groups -OCH3 is 3. The number of ether oxygens (including phenoxy) is 3. The monoisotopic (exact) mass is 508 g/mol. The normalized spacial score (nSPS) is 25.1. The van der Waals surface area contributed by atoms with Crippen LogP contribution in [0.2, 0.25) is 0 Å². The van der Waals surface area contributed by atoms with Gasteiger partial charge in [0.05, 0.1) is 45.6 Å². The van der Waals surface area contributed by atoms with Crippen LogP contribution in [0.25, 0.3) is 6.08 Å². The van der Waals surface area contributed by atoms with Crippen molar-refractivity contribution in [2.75, 3.05) is 35.0 Å². The fourth-order valence-corrected chi connectivity index (χ4v) is 6.16. The van der Waals surface area contributed by atoms with Crippen molar-refractivity contribution in [1.29, 1.82) is 0 Å². The van der Waals surface area contributed by atoms with Gasteiger partial charge >= 0.3 is 0 Å². The maximum atomic E-state index is 13.9. The number of piperazine rings is 1. The molecule has 1 aromatic carbocycles. The lowest BCUT2D eigenvalue weighted by atomic mass is 9.72. The number of likely N-dealkylation sites (N-methyl/N-ethyl adjacent to an activating group) is 1. The minimum Gasteiger partial charge on any atom is -0.493 e. The van der Waals surface area contributed by atoms with E-state index in [-0.39, 0.29) is 22.5 Å². The number of aliphatic hydroxyl groups is 1. The quantitative estimate of drug-likeness (QED) is 0.363. The van der Waals surface area contributed by atoms with E-state index in [1.54, 1.807) is 13.1 Å². The van der Waals surface area contributed by atoms with E-state index in [2.05, 4.69) is 0 Å². The van der Waals surface area contributed by atoms with Crippen LogP contribution in [0.15, 0.2) is 28.2 Å². The molecule has 1 aliphatic carbocycles. The number of fused-ring (bicyclic) bond motifs is 6. The highest BCUT2D eigenvalue weighted by Gasteiger charge is 2.59. The summed E-state index contributed by atoms with van der Waals surface area (Å²) in [6.45, 7) is 4.73. The summed E-state index contributed by atoms with van der Waals surface area (Å²) in [5, 5.41) is 10.6. The van der Waals surface area contributed by atoms with E-state index < -0.39 is 48.0 Å². The molecule has 2 bridgehead atoms. The Labute approximate surface area is 213 Å².